The van der Waals surface area contributed by atoms with E-state index in [9.17, 15) is 13.2 Å². The summed E-state index contributed by atoms with van der Waals surface area (Å²) in [6.45, 7) is 10.1. The summed E-state index contributed by atoms with van der Waals surface area (Å²) in [5.74, 6) is -0.155. The Labute approximate surface area is 127 Å². The first-order chi connectivity index (χ1) is 9.59. The predicted molar refractivity (Wildman–Crippen MR) is 83.8 cm³/mol. The molecule has 1 amide bonds. The Kier molecular flexibility index (Phi) is 5.53. The van der Waals surface area contributed by atoms with Crippen LogP contribution in [-0.4, -0.2) is 31.8 Å². The largest absolute Gasteiger partial charge is 0.336 e. The number of carbonyl (C=O) groups excluding carboxylic acids is 1. The molecule has 0 aromatic heterocycles. The van der Waals surface area contributed by atoms with E-state index >= 15 is 0 Å². The lowest BCUT2D eigenvalue weighted by Crippen LogP contribution is -2.38. The number of sulfonamides is 1. The van der Waals surface area contributed by atoms with Crippen molar-refractivity contribution < 1.29 is 13.2 Å². The van der Waals surface area contributed by atoms with Crippen molar-refractivity contribution >= 4 is 15.9 Å². The van der Waals surface area contributed by atoms with Crippen LogP contribution in [0.1, 0.15) is 48.7 Å². The fourth-order valence-electron chi connectivity index (χ4n) is 2.20. The maximum Gasteiger partial charge on any atom is 0.254 e. The van der Waals surface area contributed by atoms with Crippen LogP contribution in [0.15, 0.2) is 17.0 Å². The molecule has 0 spiro atoms. The van der Waals surface area contributed by atoms with Crippen molar-refractivity contribution in [3.63, 3.8) is 0 Å². The van der Waals surface area contributed by atoms with Crippen molar-refractivity contribution in [2.24, 2.45) is 5.14 Å². The quantitative estimate of drug-likeness (QED) is 0.905. The van der Waals surface area contributed by atoms with Crippen LogP contribution in [0.4, 0.5) is 0 Å². The van der Waals surface area contributed by atoms with Crippen molar-refractivity contribution in [1.29, 1.82) is 0 Å². The fraction of sp³-hybridized carbons (Fsp3) is 0.533. The van der Waals surface area contributed by atoms with E-state index in [2.05, 4.69) is 0 Å². The zero-order valence-electron chi connectivity index (χ0n) is 13.3. The maximum atomic E-state index is 12.7. The molecule has 0 saturated carbocycles. The molecule has 0 saturated heterocycles. The van der Waals surface area contributed by atoms with Crippen LogP contribution in [-0.2, 0) is 10.0 Å². The Balaban J connectivity index is 3.41. The predicted octanol–water partition coefficient (Wildman–Crippen LogP) is 2.21. The fourth-order valence-corrected chi connectivity index (χ4v) is 2.83. The van der Waals surface area contributed by atoms with Crippen LogP contribution < -0.4 is 5.14 Å². The van der Waals surface area contributed by atoms with Gasteiger partial charge in [0.2, 0.25) is 10.0 Å². The number of primary sulfonamides is 1. The first kappa shape index (κ1) is 17.7. The van der Waals surface area contributed by atoms with Crippen LogP contribution in [0.3, 0.4) is 0 Å². The molecule has 6 heteroatoms. The molecule has 5 nitrogen and oxygen atoms in total. The summed E-state index contributed by atoms with van der Waals surface area (Å²) in [5.41, 5.74) is 1.93. The van der Waals surface area contributed by atoms with E-state index in [-0.39, 0.29) is 16.8 Å². The van der Waals surface area contributed by atoms with Crippen LogP contribution in [0.5, 0.6) is 0 Å². The van der Waals surface area contributed by atoms with Crippen LogP contribution in [0, 0.1) is 13.8 Å². The number of hydrogen-bond donors (Lipinski definition) is 1. The molecule has 0 aliphatic rings. The monoisotopic (exact) mass is 312 g/mol. The molecule has 0 fully saturated rings. The van der Waals surface area contributed by atoms with Gasteiger partial charge in [-0.25, -0.2) is 13.6 Å². The Bertz CT molecular complexity index is 637. The van der Waals surface area contributed by atoms with Gasteiger partial charge in [0.1, 0.15) is 0 Å². The average molecular weight is 312 g/mol. The van der Waals surface area contributed by atoms with Crippen molar-refractivity contribution in [3.8, 4) is 0 Å². The highest BCUT2D eigenvalue weighted by molar-refractivity contribution is 7.89. The van der Waals surface area contributed by atoms with E-state index in [0.717, 1.165) is 17.5 Å². The van der Waals surface area contributed by atoms with Gasteiger partial charge in [0.15, 0.2) is 0 Å². The molecule has 0 unspecified atom stereocenters. The standard InChI is InChI=1S/C15H24N2O3S/c1-6-7-17(10(2)3)15(18)14-9-13(21(16,19)20)8-11(4)12(14)5/h8-10H,6-7H2,1-5H3,(H2,16,19,20). The molecular weight excluding hydrogens is 288 g/mol. The molecule has 118 valence electrons. The molecule has 0 aliphatic heterocycles. The molecule has 1 aromatic rings. The summed E-state index contributed by atoms with van der Waals surface area (Å²) in [6, 6.07) is 2.93. The van der Waals surface area contributed by atoms with Crippen molar-refractivity contribution in [2.75, 3.05) is 6.54 Å². The number of nitrogens with two attached hydrogens (primary N) is 1. The number of amides is 1. The summed E-state index contributed by atoms with van der Waals surface area (Å²) in [7, 11) is -3.83. The van der Waals surface area contributed by atoms with E-state index in [1.807, 2.05) is 27.7 Å². The zero-order chi connectivity index (χ0) is 16.4. The molecule has 1 aromatic carbocycles. The third-order valence-electron chi connectivity index (χ3n) is 3.55. The van der Waals surface area contributed by atoms with E-state index in [1.165, 1.54) is 12.1 Å². The first-order valence-corrected chi connectivity index (χ1v) is 8.59. The molecule has 0 heterocycles. The number of rotatable bonds is 5. The van der Waals surface area contributed by atoms with Crippen LogP contribution in [0.25, 0.3) is 0 Å². The minimum Gasteiger partial charge on any atom is -0.336 e. The maximum absolute atomic E-state index is 12.7. The smallest absolute Gasteiger partial charge is 0.254 e. The Morgan fingerprint density at radius 1 is 1.29 bits per heavy atom. The van der Waals surface area contributed by atoms with Gasteiger partial charge in [-0.15, -0.1) is 0 Å². The van der Waals surface area contributed by atoms with Gasteiger partial charge in [0, 0.05) is 18.2 Å². The van der Waals surface area contributed by atoms with Crippen molar-refractivity contribution in [3.05, 3.63) is 28.8 Å². The van der Waals surface area contributed by atoms with Gasteiger partial charge in [-0.2, -0.15) is 0 Å². The van der Waals surface area contributed by atoms with Gasteiger partial charge in [-0.1, -0.05) is 6.92 Å². The highest BCUT2D eigenvalue weighted by Crippen LogP contribution is 2.21. The highest BCUT2D eigenvalue weighted by Gasteiger charge is 2.22. The molecule has 0 aliphatic carbocycles. The minimum atomic E-state index is -3.83. The SMILES string of the molecule is CCCN(C(=O)c1cc(S(N)(=O)=O)cc(C)c1C)C(C)C. The van der Waals surface area contributed by atoms with Crippen LogP contribution >= 0.6 is 0 Å². The van der Waals surface area contributed by atoms with Crippen LogP contribution in [0.2, 0.25) is 0 Å². The molecule has 0 radical (unpaired) electrons. The average Bonchev–Trinajstić information content (AvgIpc) is 2.36. The Hall–Kier alpha value is -1.40. The topological polar surface area (TPSA) is 80.5 Å². The molecule has 1 rings (SSSR count). The Morgan fingerprint density at radius 2 is 1.86 bits per heavy atom. The van der Waals surface area contributed by atoms with E-state index < -0.39 is 10.0 Å². The van der Waals surface area contributed by atoms with E-state index in [4.69, 9.17) is 5.14 Å². The van der Waals surface area contributed by atoms with E-state index in [1.54, 1.807) is 11.8 Å². The molecule has 2 N–H and O–H groups in total. The highest BCUT2D eigenvalue weighted by atomic mass is 32.2. The summed E-state index contributed by atoms with van der Waals surface area (Å²) in [5, 5.41) is 5.19. The second-order valence-corrected chi connectivity index (χ2v) is 7.11. The van der Waals surface area contributed by atoms with E-state index in [0.29, 0.717) is 12.1 Å². The van der Waals surface area contributed by atoms with Gasteiger partial charge in [-0.3, -0.25) is 4.79 Å². The summed E-state index contributed by atoms with van der Waals surface area (Å²) < 4.78 is 23.1. The Morgan fingerprint density at radius 3 is 2.29 bits per heavy atom. The lowest BCUT2D eigenvalue weighted by molar-refractivity contribution is 0.0705. The second kappa shape index (κ2) is 6.58. The summed E-state index contributed by atoms with van der Waals surface area (Å²) >= 11 is 0. The summed E-state index contributed by atoms with van der Waals surface area (Å²) in [4.78, 5) is 14.4. The normalized spacial score (nSPS) is 11.8. The number of nitrogens with zero attached hydrogens (tertiary/aromatic N) is 1. The third kappa shape index (κ3) is 4.04. The van der Waals surface area contributed by atoms with Crippen molar-refractivity contribution in [2.45, 2.75) is 52.0 Å². The van der Waals surface area contributed by atoms with Crippen molar-refractivity contribution in [1.82, 2.24) is 4.90 Å². The zero-order valence-corrected chi connectivity index (χ0v) is 14.1. The molecule has 0 atom stereocenters. The van der Waals surface area contributed by atoms with Gasteiger partial charge in [0.05, 0.1) is 4.90 Å². The minimum absolute atomic E-state index is 0.0193. The van der Waals surface area contributed by atoms with Gasteiger partial charge in [-0.05, 0) is 57.4 Å². The number of aryl methyl sites for hydroxylation is 1. The molecule has 21 heavy (non-hydrogen) atoms. The second-order valence-electron chi connectivity index (χ2n) is 5.55. The lowest BCUT2D eigenvalue weighted by atomic mass is 10.0. The summed E-state index contributed by atoms with van der Waals surface area (Å²) in [6.07, 6.45) is 0.844. The number of carbonyl (C=O) groups is 1. The van der Waals surface area contributed by atoms with Gasteiger partial charge < -0.3 is 4.90 Å². The van der Waals surface area contributed by atoms with Gasteiger partial charge in [0.25, 0.3) is 5.91 Å². The van der Waals surface area contributed by atoms with Gasteiger partial charge >= 0.3 is 0 Å². The third-order valence-corrected chi connectivity index (χ3v) is 4.44. The number of benzene rings is 1. The number of hydrogen-bond acceptors (Lipinski definition) is 3. The lowest BCUT2D eigenvalue weighted by Gasteiger charge is -2.27. The molecular formula is C15H24N2O3S. The molecule has 0 bridgehead atoms. The first-order valence-electron chi connectivity index (χ1n) is 7.04.